The third-order valence-electron chi connectivity index (χ3n) is 5.68. The fourth-order valence-corrected chi connectivity index (χ4v) is 6.66. The average molecular weight is 789 g/mol. The summed E-state index contributed by atoms with van der Waals surface area (Å²) in [6.45, 7) is 12.9. The van der Waals surface area contributed by atoms with E-state index in [4.69, 9.17) is 0 Å². The second-order valence-electron chi connectivity index (χ2n) is 9.16. The van der Waals surface area contributed by atoms with E-state index < -0.39 is 62.1 Å². The highest BCUT2D eigenvalue weighted by Crippen LogP contribution is 2.37. The van der Waals surface area contributed by atoms with Crippen LogP contribution in [0.2, 0.25) is 0 Å². The van der Waals surface area contributed by atoms with Crippen molar-refractivity contribution in [2.75, 3.05) is 39.3 Å². The molecule has 12 nitrogen and oxygen atoms in total. The van der Waals surface area contributed by atoms with Crippen LogP contribution in [-0.2, 0) is 40.1 Å². The lowest BCUT2D eigenvalue weighted by Crippen LogP contribution is -3.12. The van der Waals surface area contributed by atoms with Crippen molar-refractivity contribution in [3.63, 3.8) is 0 Å². The van der Waals surface area contributed by atoms with E-state index in [0.29, 0.717) is 0 Å². The van der Waals surface area contributed by atoms with Gasteiger partial charge in [0.05, 0.1) is 39.3 Å². The van der Waals surface area contributed by atoms with Gasteiger partial charge in [0.25, 0.3) is 0 Å². The molecule has 2 fully saturated rings. The third kappa shape index (κ3) is 16.8. The first-order chi connectivity index (χ1) is 20.3. The molecule has 46 heavy (non-hydrogen) atoms. The predicted octanol–water partition coefficient (Wildman–Crippen LogP) is 2.27. The summed E-state index contributed by atoms with van der Waals surface area (Å²) in [6, 6.07) is 0. The topological polar surface area (TPSA) is 174 Å². The van der Waals surface area contributed by atoms with Crippen molar-refractivity contribution >= 4 is 40.1 Å². The summed E-state index contributed by atoms with van der Waals surface area (Å²) >= 11 is 0. The number of nitrogens with zero attached hydrogens (tertiary/aromatic N) is 2. The molecular formula is C18H32F12N4O8S4. The van der Waals surface area contributed by atoms with Gasteiger partial charge in [-0.25, -0.2) is 33.7 Å². The van der Waals surface area contributed by atoms with Crippen molar-refractivity contribution in [1.29, 1.82) is 0 Å². The average Bonchev–Trinajstić information content (AvgIpc) is 2.87. The van der Waals surface area contributed by atoms with Gasteiger partial charge in [0.1, 0.15) is 0 Å². The first-order valence-electron chi connectivity index (χ1n) is 12.7. The van der Waals surface area contributed by atoms with Gasteiger partial charge >= 0.3 is 22.0 Å². The van der Waals surface area contributed by atoms with E-state index in [1.807, 2.05) is 0 Å². The number of hydrogen-bond donors (Lipinski definition) is 2. The monoisotopic (exact) mass is 788 g/mol. The molecule has 0 aromatic rings. The van der Waals surface area contributed by atoms with Crippen LogP contribution in [0.4, 0.5) is 52.7 Å². The Morgan fingerprint density at radius 2 is 0.587 bits per heavy atom. The molecule has 28 heteroatoms. The highest BCUT2D eigenvalue weighted by Gasteiger charge is 2.48. The van der Waals surface area contributed by atoms with Crippen molar-refractivity contribution < 1.29 is 96.2 Å². The van der Waals surface area contributed by atoms with Crippen LogP contribution in [0.1, 0.15) is 52.4 Å². The minimum absolute atomic E-state index is 0.778. The van der Waals surface area contributed by atoms with E-state index in [1.54, 1.807) is 9.80 Å². The summed E-state index contributed by atoms with van der Waals surface area (Å²) in [6.07, 6.45) is 8.80. The molecule has 2 saturated heterocycles. The Labute approximate surface area is 258 Å². The molecule has 0 saturated carbocycles. The highest BCUT2D eigenvalue weighted by molar-refractivity contribution is 8.13. The SMILES string of the molecule is CC[NH+]1CCCCC1.CC[NH+]1CCCCC1.O=S(=O)([N-]S(=O)(=O)C(F)(F)F)C(F)(F)F.O=S(=O)([N-]S(=O)(=O)C(F)(F)F)C(F)(F)F. The quantitative estimate of drug-likeness (QED) is 0.386. The lowest BCUT2D eigenvalue weighted by molar-refractivity contribution is -0.903. The van der Waals surface area contributed by atoms with Crippen LogP contribution in [0.15, 0.2) is 0 Å². The molecule has 280 valence electrons. The second kappa shape index (κ2) is 18.0. The van der Waals surface area contributed by atoms with E-state index in [1.165, 1.54) is 77.8 Å². The molecule has 2 rings (SSSR count). The van der Waals surface area contributed by atoms with Crippen LogP contribution in [0.5, 0.6) is 0 Å². The van der Waals surface area contributed by atoms with Crippen LogP contribution in [-0.4, -0.2) is 95.0 Å². The Hall–Kier alpha value is -1.20. The van der Waals surface area contributed by atoms with E-state index in [-0.39, 0.29) is 0 Å². The molecule has 0 spiro atoms. The Balaban J connectivity index is 0. The number of nitrogens with one attached hydrogen (secondary N) is 2. The maximum Gasteiger partial charge on any atom is 0.480 e. The van der Waals surface area contributed by atoms with Gasteiger partial charge in [-0.15, -0.1) is 0 Å². The number of quaternary nitrogens is 2. The van der Waals surface area contributed by atoms with Crippen molar-refractivity contribution in [2.45, 2.75) is 74.4 Å². The van der Waals surface area contributed by atoms with Gasteiger partial charge in [-0.1, -0.05) is 0 Å². The van der Waals surface area contributed by atoms with Crippen LogP contribution >= 0.6 is 0 Å². The van der Waals surface area contributed by atoms with E-state index >= 15 is 0 Å². The molecule has 2 aliphatic heterocycles. The zero-order valence-electron chi connectivity index (χ0n) is 23.8. The zero-order valence-corrected chi connectivity index (χ0v) is 27.1. The maximum atomic E-state index is 11.4. The molecule has 0 aromatic heterocycles. The summed E-state index contributed by atoms with van der Waals surface area (Å²) in [4.78, 5) is 3.60. The lowest BCUT2D eigenvalue weighted by atomic mass is 10.1. The largest absolute Gasteiger partial charge is 0.480 e. The van der Waals surface area contributed by atoms with Crippen LogP contribution in [0.3, 0.4) is 0 Å². The van der Waals surface area contributed by atoms with Crippen molar-refractivity contribution in [1.82, 2.24) is 0 Å². The van der Waals surface area contributed by atoms with Crippen molar-refractivity contribution in [3.05, 3.63) is 8.25 Å². The van der Waals surface area contributed by atoms with Gasteiger partial charge in [-0.2, -0.15) is 52.7 Å². The van der Waals surface area contributed by atoms with E-state index in [0.717, 1.165) is 8.25 Å². The number of likely N-dealkylation sites (tertiary alicyclic amines) is 2. The second-order valence-corrected chi connectivity index (χ2v) is 16.0. The Kier molecular flexibility index (Phi) is 18.3. The Morgan fingerprint density at radius 1 is 0.413 bits per heavy atom. The molecule has 0 aliphatic carbocycles. The van der Waals surface area contributed by atoms with Gasteiger partial charge in [0.2, 0.25) is 0 Å². The summed E-state index contributed by atoms with van der Waals surface area (Å²) in [5.41, 5.74) is -24.8. The van der Waals surface area contributed by atoms with E-state index in [2.05, 4.69) is 13.8 Å². The normalized spacial score (nSPS) is 18.2. The Morgan fingerprint density at radius 3 is 0.696 bits per heavy atom. The molecular weight excluding hydrogens is 756 g/mol. The smallest absolute Gasteiger partial charge is 0.421 e. The molecule has 2 aliphatic rings. The summed E-state index contributed by atoms with van der Waals surface area (Å²) in [5, 5.41) is 0. The van der Waals surface area contributed by atoms with Gasteiger partial charge < -0.3 is 18.1 Å². The number of alkyl halides is 12. The minimum atomic E-state index is -6.72. The summed E-state index contributed by atoms with van der Waals surface area (Å²) in [7, 11) is -26.9. The molecule has 0 amide bonds. The third-order valence-corrected chi connectivity index (χ3v) is 11.2. The molecule has 2 N–H and O–H groups in total. The van der Waals surface area contributed by atoms with Crippen molar-refractivity contribution in [2.24, 2.45) is 0 Å². The van der Waals surface area contributed by atoms with Gasteiger partial charge in [0.15, 0.2) is 40.1 Å². The minimum Gasteiger partial charge on any atom is -0.421 e. The molecule has 0 atom stereocenters. The lowest BCUT2D eigenvalue weighted by Gasteiger charge is -2.22. The number of halogens is 12. The summed E-state index contributed by atoms with van der Waals surface area (Å²) < 4.78 is 218. The first-order valence-corrected chi connectivity index (χ1v) is 18.4. The number of sulfonamides is 4. The van der Waals surface area contributed by atoms with Gasteiger partial charge in [-0.3, -0.25) is 0 Å². The van der Waals surface area contributed by atoms with Crippen LogP contribution < -0.4 is 9.80 Å². The highest BCUT2D eigenvalue weighted by atomic mass is 32.3. The first kappa shape index (κ1) is 46.9. The van der Waals surface area contributed by atoms with Gasteiger partial charge in [0, 0.05) is 0 Å². The predicted molar refractivity (Wildman–Crippen MR) is 137 cm³/mol. The molecule has 2 heterocycles. The molecule has 0 radical (unpaired) electrons. The summed E-state index contributed by atoms with van der Waals surface area (Å²) in [5.74, 6) is 0. The fourth-order valence-electron chi connectivity index (χ4n) is 3.24. The molecule has 0 bridgehead atoms. The van der Waals surface area contributed by atoms with Crippen LogP contribution in [0.25, 0.3) is 8.25 Å². The number of hydrogen-bond acceptors (Lipinski definition) is 8. The van der Waals surface area contributed by atoms with E-state index in [9.17, 15) is 86.4 Å². The molecule has 0 aromatic carbocycles. The van der Waals surface area contributed by atoms with Gasteiger partial charge in [-0.05, 0) is 52.4 Å². The number of piperidine rings is 2. The fraction of sp³-hybridized carbons (Fsp3) is 1.00. The number of rotatable bonds is 6. The zero-order chi connectivity index (χ0) is 37.1. The maximum absolute atomic E-state index is 11.4. The van der Waals surface area contributed by atoms with Crippen LogP contribution in [0, 0.1) is 0 Å². The molecule has 0 unspecified atom stereocenters. The Bertz CT molecular complexity index is 1150. The standard InChI is InChI=1S/2C7H15N.2C2F6NO4S2/c2*1-2-8-6-4-3-5-7-8;2*3-1(4,5)14(10,11)9-15(12,13)2(6,7)8/h2*2-7H2,1H3;;/q;;2*-1/p+2. The van der Waals surface area contributed by atoms with Crippen molar-refractivity contribution in [3.8, 4) is 0 Å².